The zero-order valence-electron chi connectivity index (χ0n) is 11.0. The molecule has 0 saturated heterocycles. The molecule has 0 aliphatic heterocycles. The fraction of sp³-hybridized carbons (Fsp3) is 0.571. The van der Waals surface area contributed by atoms with Gasteiger partial charge in [0.15, 0.2) is 0 Å². The van der Waals surface area contributed by atoms with E-state index in [0.717, 1.165) is 31.7 Å². The zero-order chi connectivity index (χ0) is 14.8. The van der Waals surface area contributed by atoms with E-state index in [9.17, 15) is 13.2 Å². The van der Waals surface area contributed by atoms with Crippen LogP contribution in [0.25, 0.3) is 0 Å². The van der Waals surface area contributed by atoms with E-state index in [2.05, 4.69) is 21.2 Å². The van der Waals surface area contributed by atoms with Crippen molar-refractivity contribution >= 4 is 21.6 Å². The van der Waals surface area contributed by atoms with Gasteiger partial charge in [-0.1, -0.05) is 28.8 Å². The molecule has 1 fully saturated rings. The van der Waals surface area contributed by atoms with Gasteiger partial charge in [0, 0.05) is 22.7 Å². The molecular weight excluding hydrogens is 333 g/mol. The number of rotatable bonds is 4. The molecule has 2 rings (SSSR count). The van der Waals surface area contributed by atoms with Crippen molar-refractivity contribution in [1.29, 1.82) is 0 Å². The Bertz CT molecular complexity index is 456. The zero-order valence-corrected chi connectivity index (χ0v) is 12.6. The van der Waals surface area contributed by atoms with Crippen molar-refractivity contribution in [2.24, 2.45) is 11.7 Å². The van der Waals surface area contributed by atoms with Crippen molar-refractivity contribution in [3.8, 4) is 0 Å². The Morgan fingerprint density at radius 2 is 1.95 bits per heavy atom. The number of alkyl halides is 3. The van der Waals surface area contributed by atoms with Gasteiger partial charge >= 0.3 is 6.18 Å². The average Bonchev–Trinajstić information content (AvgIpc) is 2.90. The maximum Gasteiger partial charge on any atom is 0.418 e. The number of hydrogen-bond acceptors (Lipinski definition) is 2. The summed E-state index contributed by atoms with van der Waals surface area (Å²) in [4.78, 5) is 0. The molecule has 6 heteroatoms. The molecule has 2 nitrogen and oxygen atoms in total. The van der Waals surface area contributed by atoms with E-state index in [-0.39, 0.29) is 11.7 Å². The lowest BCUT2D eigenvalue weighted by Crippen LogP contribution is -2.35. The maximum absolute atomic E-state index is 13.1. The van der Waals surface area contributed by atoms with Crippen LogP contribution in [0.1, 0.15) is 31.2 Å². The molecule has 1 aromatic rings. The molecule has 20 heavy (non-hydrogen) atoms. The number of halogens is 4. The highest BCUT2D eigenvalue weighted by molar-refractivity contribution is 9.10. The molecule has 1 saturated carbocycles. The third-order valence-corrected chi connectivity index (χ3v) is 4.34. The molecule has 0 aromatic heterocycles. The van der Waals surface area contributed by atoms with E-state index < -0.39 is 11.7 Å². The summed E-state index contributed by atoms with van der Waals surface area (Å²) in [5, 5.41) is 3.01. The average molecular weight is 351 g/mol. The minimum absolute atomic E-state index is 0.0974. The Morgan fingerprint density at radius 3 is 2.50 bits per heavy atom. The molecular formula is C14H18BrF3N2. The van der Waals surface area contributed by atoms with Crippen LogP contribution in [-0.2, 0) is 6.18 Å². The van der Waals surface area contributed by atoms with Gasteiger partial charge in [-0.15, -0.1) is 0 Å². The summed E-state index contributed by atoms with van der Waals surface area (Å²) in [6, 6.07) is 4.08. The molecule has 0 heterocycles. The second-order valence-corrected chi connectivity index (χ2v) is 6.13. The predicted octanol–water partition coefficient (Wildman–Crippen LogP) is 4.40. The van der Waals surface area contributed by atoms with Gasteiger partial charge in [-0.2, -0.15) is 13.2 Å². The van der Waals surface area contributed by atoms with Crippen LogP contribution in [0.5, 0.6) is 0 Å². The van der Waals surface area contributed by atoms with Crippen molar-refractivity contribution in [2.75, 3.05) is 11.9 Å². The Balaban J connectivity index is 2.23. The summed E-state index contributed by atoms with van der Waals surface area (Å²) >= 11 is 3.09. The van der Waals surface area contributed by atoms with Crippen LogP contribution in [0, 0.1) is 5.92 Å². The first-order valence-electron chi connectivity index (χ1n) is 6.75. The van der Waals surface area contributed by atoms with Crippen molar-refractivity contribution in [1.82, 2.24) is 0 Å². The van der Waals surface area contributed by atoms with Crippen LogP contribution < -0.4 is 11.1 Å². The number of benzene rings is 1. The van der Waals surface area contributed by atoms with Gasteiger partial charge in [-0.05, 0) is 37.0 Å². The first-order valence-corrected chi connectivity index (χ1v) is 7.54. The highest BCUT2D eigenvalue weighted by Gasteiger charge is 2.35. The number of nitrogens with two attached hydrogens (primary N) is 1. The molecule has 1 aromatic carbocycles. The van der Waals surface area contributed by atoms with E-state index in [0.29, 0.717) is 16.9 Å². The van der Waals surface area contributed by atoms with Crippen LogP contribution in [0.4, 0.5) is 18.9 Å². The summed E-state index contributed by atoms with van der Waals surface area (Å²) in [5.74, 6) is 0.365. The number of nitrogens with one attached hydrogen (secondary N) is 1. The number of anilines is 1. The van der Waals surface area contributed by atoms with E-state index >= 15 is 0 Å². The van der Waals surface area contributed by atoms with Crippen molar-refractivity contribution in [3.05, 3.63) is 28.2 Å². The molecule has 1 atom stereocenters. The Kier molecular flexibility index (Phi) is 4.96. The lowest BCUT2D eigenvalue weighted by Gasteiger charge is -2.26. The molecule has 1 unspecified atom stereocenters. The van der Waals surface area contributed by atoms with E-state index in [1.165, 1.54) is 6.07 Å². The standard InChI is InChI=1S/C14H18BrF3N2/c15-10-5-6-12(11(7-10)14(16,17)18)20-13(8-19)9-3-1-2-4-9/h5-7,9,13,20H,1-4,8,19H2. The predicted molar refractivity (Wildman–Crippen MR) is 77.6 cm³/mol. The first-order chi connectivity index (χ1) is 9.41. The minimum atomic E-state index is -4.37. The highest BCUT2D eigenvalue weighted by atomic mass is 79.9. The van der Waals surface area contributed by atoms with Crippen LogP contribution in [0.2, 0.25) is 0 Å². The highest BCUT2D eigenvalue weighted by Crippen LogP contribution is 2.38. The second kappa shape index (κ2) is 6.35. The monoisotopic (exact) mass is 350 g/mol. The molecule has 1 aliphatic carbocycles. The Morgan fingerprint density at radius 1 is 1.30 bits per heavy atom. The topological polar surface area (TPSA) is 38.0 Å². The summed E-state index contributed by atoms with van der Waals surface area (Å²) in [7, 11) is 0. The van der Waals surface area contributed by atoms with Gasteiger partial charge in [0.05, 0.1) is 5.56 Å². The fourth-order valence-corrected chi connectivity index (χ4v) is 3.17. The van der Waals surface area contributed by atoms with Crippen LogP contribution in [-0.4, -0.2) is 12.6 Å². The van der Waals surface area contributed by atoms with Gasteiger partial charge in [0.25, 0.3) is 0 Å². The van der Waals surface area contributed by atoms with Crippen LogP contribution in [0.3, 0.4) is 0 Å². The Hall–Kier alpha value is -0.750. The second-order valence-electron chi connectivity index (χ2n) is 5.22. The molecule has 112 valence electrons. The van der Waals surface area contributed by atoms with Crippen molar-refractivity contribution < 1.29 is 13.2 Å². The molecule has 0 amide bonds. The first kappa shape index (κ1) is 15.6. The quantitative estimate of drug-likeness (QED) is 0.844. The van der Waals surface area contributed by atoms with Gasteiger partial charge in [0.1, 0.15) is 0 Å². The molecule has 1 aliphatic rings. The van der Waals surface area contributed by atoms with Gasteiger partial charge in [-0.25, -0.2) is 0 Å². The molecule has 0 spiro atoms. The van der Waals surface area contributed by atoms with E-state index in [1.807, 2.05) is 0 Å². The largest absolute Gasteiger partial charge is 0.418 e. The van der Waals surface area contributed by atoms with Crippen LogP contribution >= 0.6 is 15.9 Å². The summed E-state index contributed by atoms with van der Waals surface area (Å²) < 4.78 is 39.6. The molecule has 0 radical (unpaired) electrons. The smallest absolute Gasteiger partial charge is 0.380 e. The Labute approximate surface area is 125 Å². The SMILES string of the molecule is NCC(Nc1ccc(Br)cc1C(F)(F)F)C1CCCC1. The normalized spacial score (nSPS) is 18.2. The minimum Gasteiger partial charge on any atom is -0.380 e. The lowest BCUT2D eigenvalue weighted by atomic mass is 9.97. The summed E-state index contributed by atoms with van der Waals surface area (Å²) in [6.45, 7) is 0.345. The maximum atomic E-state index is 13.1. The van der Waals surface area contributed by atoms with Gasteiger partial charge in [0.2, 0.25) is 0 Å². The van der Waals surface area contributed by atoms with Gasteiger partial charge in [-0.3, -0.25) is 0 Å². The fourth-order valence-electron chi connectivity index (χ4n) is 2.81. The van der Waals surface area contributed by atoms with E-state index in [1.54, 1.807) is 6.07 Å². The summed E-state index contributed by atoms with van der Waals surface area (Å²) in [6.07, 6.45) is -0.0367. The van der Waals surface area contributed by atoms with E-state index in [4.69, 9.17) is 5.73 Å². The van der Waals surface area contributed by atoms with Crippen LogP contribution in [0.15, 0.2) is 22.7 Å². The third kappa shape index (κ3) is 3.67. The summed E-state index contributed by atoms with van der Waals surface area (Å²) in [5.41, 5.74) is 5.20. The third-order valence-electron chi connectivity index (χ3n) is 3.85. The van der Waals surface area contributed by atoms with Crippen molar-refractivity contribution in [2.45, 2.75) is 37.9 Å². The molecule has 0 bridgehead atoms. The lowest BCUT2D eigenvalue weighted by molar-refractivity contribution is -0.137. The number of hydrogen-bond donors (Lipinski definition) is 2. The van der Waals surface area contributed by atoms with Gasteiger partial charge < -0.3 is 11.1 Å². The molecule has 3 N–H and O–H groups in total. The van der Waals surface area contributed by atoms with Crippen molar-refractivity contribution in [3.63, 3.8) is 0 Å².